The number of ether oxygens (including phenoxy) is 1. The van der Waals surface area contributed by atoms with Crippen molar-refractivity contribution in [3.05, 3.63) is 59.2 Å². The van der Waals surface area contributed by atoms with E-state index in [0.717, 1.165) is 12.1 Å². The third-order valence-corrected chi connectivity index (χ3v) is 3.24. The quantitative estimate of drug-likeness (QED) is 0.743. The van der Waals surface area contributed by atoms with E-state index in [1.54, 1.807) is 7.11 Å². The van der Waals surface area contributed by atoms with E-state index >= 15 is 0 Å². The Bertz CT molecular complexity index is 497. The van der Waals surface area contributed by atoms with Crippen LogP contribution in [-0.4, -0.2) is 14.4 Å². The summed E-state index contributed by atoms with van der Waals surface area (Å²) < 4.78 is 5.16. The number of methoxy groups -OCH3 is 1. The van der Waals surface area contributed by atoms with Gasteiger partial charge in [-0.3, -0.25) is 0 Å². The molecule has 2 aromatic rings. The number of hydrogen-bond donors (Lipinski definition) is 0. The van der Waals surface area contributed by atoms with Crippen molar-refractivity contribution in [1.82, 2.24) is 0 Å². The van der Waals surface area contributed by atoms with E-state index in [-0.39, 0.29) is 0 Å². The predicted octanol–water partition coefficient (Wildman–Crippen LogP) is 2.84. The summed E-state index contributed by atoms with van der Waals surface area (Å²) >= 11 is 0. The Kier molecular flexibility index (Phi) is 4.09. The molecule has 0 saturated heterocycles. The van der Waals surface area contributed by atoms with Gasteiger partial charge in [-0.25, -0.2) is 0 Å². The fourth-order valence-corrected chi connectivity index (χ4v) is 2.13. The Morgan fingerprint density at radius 2 is 1.56 bits per heavy atom. The molecule has 0 fully saturated rings. The highest BCUT2D eigenvalue weighted by atomic mass is 16.5. The number of rotatable bonds is 4. The molecule has 0 aromatic heterocycles. The van der Waals surface area contributed by atoms with Crippen molar-refractivity contribution in [2.45, 2.75) is 20.2 Å². The van der Waals surface area contributed by atoms with E-state index < -0.39 is 0 Å². The lowest BCUT2D eigenvalue weighted by molar-refractivity contribution is 0.414. The van der Waals surface area contributed by atoms with Gasteiger partial charge in [0.05, 0.1) is 7.11 Å². The van der Waals surface area contributed by atoms with Crippen LogP contribution in [-0.2, 0) is 6.32 Å². The van der Waals surface area contributed by atoms with Gasteiger partial charge in [-0.1, -0.05) is 52.5 Å². The van der Waals surface area contributed by atoms with Crippen LogP contribution in [0, 0.1) is 13.8 Å². The second-order valence-electron chi connectivity index (χ2n) is 4.56. The number of aryl methyl sites for hydroxylation is 2. The average Bonchev–Trinajstić information content (AvgIpc) is 2.39. The molecule has 1 radical (unpaired) electrons. The zero-order valence-electron chi connectivity index (χ0n) is 11.2. The van der Waals surface area contributed by atoms with Crippen LogP contribution in [0.2, 0.25) is 0 Å². The Labute approximate surface area is 110 Å². The van der Waals surface area contributed by atoms with Gasteiger partial charge < -0.3 is 4.74 Å². The van der Waals surface area contributed by atoms with Gasteiger partial charge in [-0.05, 0) is 32.3 Å². The van der Waals surface area contributed by atoms with Crippen molar-refractivity contribution in [3.8, 4) is 5.75 Å². The maximum atomic E-state index is 5.16. The molecule has 0 atom stereocenters. The summed E-state index contributed by atoms with van der Waals surface area (Å²) in [6.45, 7) is 4.32. The Balaban J connectivity index is 2.06. The summed E-state index contributed by atoms with van der Waals surface area (Å²) in [7, 11) is 3.99. The molecule has 2 rings (SSSR count). The Morgan fingerprint density at radius 1 is 0.944 bits per heavy atom. The normalized spacial score (nSPS) is 10.2. The molecule has 0 spiro atoms. The van der Waals surface area contributed by atoms with Crippen molar-refractivity contribution >= 4 is 12.7 Å². The molecule has 0 bridgehead atoms. The van der Waals surface area contributed by atoms with Crippen LogP contribution >= 0.6 is 0 Å². The summed E-state index contributed by atoms with van der Waals surface area (Å²) in [6.07, 6.45) is 0.954. The third kappa shape index (κ3) is 2.95. The van der Waals surface area contributed by atoms with E-state index in [4.69, 9.17) is 4.74 Å². The van der Waals surface area contributed by atoms with Gasteiger partial charge in [0.2, 0.25) is 0 Å². The molecule has 0 saturated carbocycles. The standard InChI is InChI=1S/C16H18BO/c1-12-5-4-6-13(2)16(12)17-11-14-7-9-15(18-3)10-8-14/h4-10H,11H2,1-3H3. The van der Waals surface area contributed by atoms with E-state index in [9.17, 15) is 0 Å². The molecule has 2 aromatic carbocycles. The largest absolute Gasteiger partial charge is 0.497 e. The van der Waals surface area contributed by atoms with Gasteiger partial charge in [0.1, 0.15) is 5.75 Å². The van der Waals surface area contributed by atoms with Crippen molar-refractivity contribution < 1.29 is 4.74 Å². The van der Waals surface area contributed by atoms with Crippen molar-refractivity contribution in [3.63, 3.8) is 0 Å². The van der Waals surface area contributed by atoms with Gasteiger partial charge in [-0.15, -0.1) is 0 Å². The molecule has 0 heterocycles. The molecule has 0 aliphatic rings. The van der Waals surface area contributed by atoms with E-state index in [0.29, 0.717) is 0 Å². The molecule has 1 nitrogen and oxygen atoms in total. The molecule has 0 N–H and O–H groups in total. The summed E-state index contributed by atoms with van der Waals surface area (Å²) in [6, 6.07) is 14.7. The Hall–Kier alpha value is -1.70. The summed E-state index contributed by atoms with van der Waals surface area (Å²) in [5, 5.41) is 0. The van der Waals surface area contributed by atoms with Gasteiger partial charge >= 0.3 is 0 Å². The Morgan fingerprint density at radius 3 is 2.11 bits per heavy atom. The molecule has 2 heteroatoms. The minimum Gasteiger partial charge on any atom is -0.497 e. The van der Waals surface area contributed by atoms with Crippen LogP contribution in [0.1, 0.15) is 16.7 Å². The van der Waals surface area contributed by atoms with Crippen LogP contribution in [0.3, 0.4) is 0 Å². The zero-order chi connectivity index (χ0) is 13.0. The van der Waals surface area contributed by atoms with Crippen LogP contribution in [0.5, 0.6) is 5.75 Å². The zero-order valence-corrected chi connectivity index (χ0v) is 11.2. The van der Waals surface area contributed by atoms with Crippen LogP contribution in [0.25, 0.3) is 0 Å². The first-order valence-electron chi connectivity index (χ1n) is 6.23. The predicted molar refractivity (Wildman–Crippen MR) is 78.0 cm³/mol. The molecule has 18 heavy (non-hydrogen) atoms. The minimum atomic E-state index is 0.908. The van der Waals surface area contributed by atoms with Crippen molar-refractivity contribution in [1.29, 1.82) is 0 Å². The maximum absolute atomic E-state index is 5.16. The van der Waals surface area contributed by atoms with Crippen LogP contribution in [0.15, 0.2) is 42.5 Å². The molecule has 0 amide bonds. The molecule has 0 aliphatic heterocycles. The number of benzene rings is 2. The summed E-state index contributed by atoms with van der Waals surface area (Å²) in [4.78, 5) is 0. The lowest BCUT2D eigenvalue weighted by atomic mass is 9.62. The first-order valence-corrected chi connectivity index (χ1v) is 6.23. The first kappa shape index (κ1) is 12.8. The second kappa shape index (κ2) is 5.77. The highest BCUT2D eigenvalue weighted by molar-refractivity contribution is 6.54. The SMILES string of the molecule is COc1ccc(C[B]c2c(C)cccc2C)cc1. The van der Waals surface area contributed by atoms with Crippen LogP contribution in [0.4, 0.5) is 0 Å². The smallest absolute Gasteiger partial charge is 0.157 e. The fraction of sp³-hybridized carbons (Fsp3) is 0.250. The number of hydrogen-bond acceptors (Lipinski definition) is 1. The van der Waals surface area contributed by atoms with Gasteiger partial charge in [-0.2, -0.15) is 0 Å². The highest BCUT2D eigenvalue weighted by Gasteiger charge is 2.04. The van der Waals surface area contributed by atoms with E-state index in [2.05, 4.69) is 51.5 Å². The van der Waals surface area contributed by atoms with Crippen LogP contribution < -0.4 is 10.2 Å². The second-order valence-corrected chi connectivity index (χ2v) is 4.56. The van der Waals surface area contributed by atoms with Crippen molar-refractivity contribution in [2.75, 3.05) is 7.11 Å². The fourth-order valence-electron chi connectivity index (χ4n) is 2.13. The van der Waals surface area contributed by atoms with Crippen molar-refractivity contribution in [2.24, 2.45) is 0 Å². The van der Waals surface area contributed by atoms with Gasteiger partial charge in [0.25, 0.3) is 0 Å². The highest BCUT2D eigenvalue weighted by Crippen LogP contribution is 2.11. The maximum Gasteiger partial charge on any atom is 0.157 e. The van der Waals surface area contributed by atoms with Gasteiger partial charge in [0, 0.05) is 0 Å². The molecule has 0 unspecified atom stereocenters. The molecular weight excluding hydrogens is 219 g/mol. The third-order valence-electron chi connectivity index (χ3n) is 3.24. The average molecular weight is 237 g/mol. The van der Waals surface area contributed by atoms with E-state index in [1.807, 2.05) is 12.1 Å². The first-order chi connectivity index (χ1) is 8.70. The topological polar surface area (TPSA) is 9.23 Å². The summed E-state index contributed by atoms with van der Waals surface area (Å²) in [5.74, 6) is 0.908. The minimum absolute atomic E-state index is 0.908. The van der Waals surface area contributed by atoms with E-state index in [1.165, 1.54) is 22.2 Å². The molecule has 0 aliphatic carbocycles. The lowest BCUT2D eigenvalue weighted by Crippen LogP contribution is -2.22. The molecule has 91 valence electrons. The summed E-state index contributed by atoms with van der Waals surface area (Å²) in [5.41, 5.74) is 5.33. The van der Waals surface area contributed by atoms with Gasteiger partial charge in [0.15, 0.2) is 7.28 Å². The lowest BCUT2D eigenvalue weighted by Gasteiger charge is -2.09. The monoisotopic (exact) mass is 237 g/mol. The molecular formula is C16H18BO.